The molecule has 2 aliphatic rings. The Balaban J connectivity index is 0.00000241. The third kappa shape index (κ3) is 8.45. The van der Waals surface area contributed by atoms with E-state index in [4.69, 9.17) is 9.47 Å². The van der Waals surface area contributed by atoms with Crippen molar-refractivity contribution in [2.75, 3.05) is 52.5 Å². The predicted octanol–water partition coefficient (Wildman–Crippen LogP) is 4.13. The van der Waals surface area contributed by atoms with Crippen molar-refractivity contribution >= 4 is 30.7 Å². The molecule has 0 aromatic heterocycles. The van der Waals surface area contributed by atoms with Crippen LogP contribution in [0.1, 0.15) is 42.5 Å². The number of hydrogen-bond acceptors (Lipinski definition) is 6. The minimum atomic E-state index is -0.813. The van der Waals surface area contributed by atoms with Crippen LogP contribution in [0.25, 0.3) is 0 Å². The predicted molar refractivity (Wildman–Crippen MR) is 147 cm³/mol. The SMILES string of the molecule is Cl.Cl.O=C(NCCCCCCCN1CCN(C2(CO)COc3ccccc3O2)CC1)c1ccc(F)cc1. The third-order valence-electron chi connectivity index (χ3n) is 6.84. The number of aliphatic hydroxyl groups is 1. The zero-order chi connectivity index (χ0) is 24.5. The van der Waals surface area contributed by atoms with Gasteiger partial charge in [0.2, 0.25) is 5.72 Å². The van der Waals surface area contributed by atoms with Crippen molar-refractivity contribution in [2.24, 2.45) is 0 Å². The second-order valence-electron chi connectivity index (χ2n) is 9.30. The molecule has 1 amide bonds. The zero-order valence-electron chi connectivity index (χ0n) is 21.1. The molecule has 0 spiro atoms. The largest absolute Gasteiger partial charge is 0.484 e. The summed E-state index contributed by atoms with van der Waals surface area (Å²) >= 11 is 0. The Bertz CT molecular complexity index is 961. The van der Waals surface area contributed by atoms with Crippen molar-refractivity contribution in [2.45, 2.75) is 37.8 Å². The molecule has 0 radical (unpaired) electrons. The van der Waals surface area contributed by atoms with Crippen LogP contribution in [-0.2, 0) is 0 Å². The maximum absolute atomic E-state index is 12.9. The van der Waals surface area contributed by atoms with E-state index >= 15 is 0 Å². The summed E-state index contributed by atoms with van der Waals surface area (Å²) in [6, 6.07) is 13.2. The number of unbranched alkanes of at least 4 members (excludes halogenated alkanes) is 4. The topological polar surface area (TPSA) is 74.3 Å². The molecule has 1 atom stereocenters. The average Bonchev–Trinajstić information content (AvgIpc) is 2.90. The van der Waals surface area contributed by atoms with Gasteiger partial charge in [0.25, 0.3) is 5.91 Å². The van der Waals surface area contributed by atoms with Gasteiger partial charge in [-0.2, -0.15) is 0 Å². The highest BCUT2D eigenvalue weighted by Crippen LogP contribution is 2.36. The Kier molecular flexibility index (Phi) is 12.9. The first-order valence-electron chi connectivity index (χ1n) is 12.6. The number of halogens is 3. The van der Waals surface area contributed by atoms with Crippen molar-refractivity contribution in [3.05, 3.63) is 59.9 Å². The molecular weight excluding hydrogens is 520 g/mol. The number of piperazine rings is 1. The fourth-order valence-corrected chi connectivity index (χ4v) is 4.69. The van der Waals surface area contributed by atoms with E-state index in [1.165, 1.54) is 30.7 Å². The van der Waals surface area contributed by atoms with Crippen LogP contribution in [0.15, 0.2) is 48.5 Å². The molecule has 0 aliphatic carbocycles. The van der Waals surface area contributed by atoms with Gasteiger partial charge in [0, 0.05) is 38.3 Å². The van der Waals surface area contributed by atoms with E-state index in [9.17, 15) is 14.3 Å². The molecule has 4 rings (SSSR count). The third-order valence-corrected chi connectivity index (χ3v) is 6.84. The van der Waals surface area contributed by atoms with Crippen LogP contribution in [0.5, 0.6) is 11.5 Å². The molecule has 1 saturated heterocycles. The lowest BCUT2D eigenvalue weighted by Gasteiger charge is -2.47. The Hall–Kier alpha value is -2.10. The van der Waals surface area contributed by atoms with E-state index in [1.54, 1.807) is 0 Å². The van der Waals surface area contributed by atoms with Gasteiger partial charge >= 0.3 is 0 Å². The second kappa shape index (κ2) is 15.3. The highest BCUT2D eigenvalue weighted by atomic mass is 35.5. The number of ether oxygens (including phenoxy) is 2. The lowest BCUT2D eigenvalue weighted by molar-refractivity contribution is -0.163. The molecule has 2 aliphatic heterocycles. The number of amides is 1. The molecule has 2 heterocycles. The number of nitrogens with zero attached hydrogens (tertiary/aromatic N) is 2. The maximum atomic E-state index is 12.9. The molecule has 1 unspecified atom stereocenters. The fraction of sp³-hybridized carbons (Fsp3) is 0.519. The minimum Gasteiger partial charge on any atom is -0.484 e. The second-order valence-corrected chi connectivity index (χ2v) is 9.30. The summed E-state index contributed by atoms with van der Waals surface area (Å²) in [4.78, 5) is 16.7. The first-order chi connectivity index (χ1) is 17.1. The fourth-order valence-electron chi connectivity index (χ4n) is 4.69. The van der Waals surface area contributed by atoms with Crippen molar-refractivity contribution < 1.29 is 23.8 Å². The molecule has 7 nitrogen and oxygen atoms in total. The van der Waals surface area contributed by atoms with Gasteiger partial charge in [0.1, 0.15) is 19.0 Å². The van der Waals surface area contributed by atoms with E-state index in [1.807, 2.05) is 24.3 Å². The highest BCUT2D eigenvalue weighted by molar-refractivity contribution is 5.94. The van der Waals surface area contributed by atoms with Crippen LogP contribution in [0, 0.1) is 5.82 Å². The number of para-hydroxylation sites is 2. The van der Waals surface area contributed by atoms with E-state index in [-0.39, 0.29) is 43.1 Å². The van der Waals surface area contributed by atoms with Crippen LogP contribution in [0.4, 0.5) is 4.39 Å². The molecule has 2 aromatic carbocycles. The number of aliphatic hydroxyl groups excluding tert-OH is 1. The first-order valence-corrected chi connectivity index (χ1v) is 12.6. The summed E-state index contributed by atoms with van der Waals surface area (Å²) in [5.74, 6) is 0.925. The Labute approximate surface area is 231 Å². The van der Waals surface area contributed by atoms with Gasteiger partial charge < -0.3 is 24.8 Å². The van der Waals surface area contributed by atoms with Crippen LogP contribution in [0.2, 0.25) is 0 Å². The molecule has 206 valence electrons. The van der Waals surface area contributed by atoms with Crippen LogP contribution in [0.3, 0.4) is 0 Å². The van der Waals surface area contributed by atoms with E-state index in [0.717, 1.165) is 64.2 Å². The minimum absolute atomic E-state index is 0. The smallest absolute Gasteiger partial charge is 0.251 e. The van der Waals surface area contributed by atoms with Gasteiger partial charge in [-0.15, -0.1) is 24.8 Å². The van der Waals surface area contributed by atoms with Crippen molar-refractivity contribution in [1.82, 2.24) is 15.1 Å². The van der Waals surface area contributed by atoms with Crippen LogP contribution >= 0.6 is 24.8 Å². The van der Waals surface area contributed by atoms with Gasteiger partial charge in [-0.1, -0.05) is 31.4 Å². The molecule has 2 aromatic rings. The van der Waals surface area contributed by atoms with E-state index in [2.05, 4.69) is 15.1 Å². The Morgan fingerprint density at radius 1 is 0.919 bits per heavy atom. The summed E-state index contributed by atoms with van der Waals surface area (Å²) in [7, 11) is 0. The van der Waals surface area contributed by atoms with Crippen molar-refractivity contribution in [1.29, 1.82) is 0 Å². The van der Waals surface area contributed by atoms with Gasteiger partial charge in [-0.05, 0) is 55.8 Å². The van der Waals surface area contributed by atoms with Gasteiger partial charge in [0.15, 0.2) is 11.5 Å². The monoisotopic (exact) mass is 557 g/mol. The van der Waals surface area contributed by atoms with Gasteiger partial charge in [-0.3, -0.25) is 9.69 Å². The van der Waals surface area contributed by atoms with Gasteiger partial charge in [-0.25, -0.2) is 4.39 Å². The summed E-state index contributed by atoms with van der Waals surface area (Å²) in [5, 5.41) is 13.0. The van der Waals surface area contributed by atoms with Crippen molar-refractivity contribution in [3.8, 4) is 11.5 Å². The van der Waals surface area contributed by atoms with E-state index in [0.29, 0.717) is 24.5 Å². The zero-order valence-corrected chi connectivity index (χ0v) is 22.7. The standard InChI is InChI=1S/C27H36FN3O4.2ClH/c28-23-12-10-22(11-13-23)26(33)29-14-6-2-1-3-7-15-30-16-18-31(19-17-30)27(20-32)21-34-24-8-4-5-9-25(24)35-27;;/h4-5,8-13,32H,1-3,6-7,14-21H2,(H,29,33);2*1H. The van der Waals surface area contributed by atoms with Crippen LogP contribution in [-0.4, -0.2) is 79.0 Å². The Morgan fingerprint density at radius 3 is 2.27 bits per heavy atom. The number of carbonyl (C=O) groups is 1. The Morgan fingerprint density at radius 2 is 1.57 bits per heavy atom. The molecule has 0 saturated carbocycles. The summed E-state index contributed by atoms with van der Waals surface area (Å²) in [6.07, 6.45) is 5.49. The molecule has 37 heavy (non-hydrogen) atoms. The molecule has 10 heteroatoms. The first kappa shape index (κ1) is 31.1. The maximum Gasteiger partial charge on any atom is 0.251 e. The normalized spacial score (nSPS) is 19.4. The number of hydrogen-bond donors (Lipinski definition) is 2. The highest BCUT2D eigenvalue weighted by Gasteiger charge is 2.44. The quantitative estimate of drug-likeness (QED) is 0.405. The summed E-state index contributed by atoms with van der Waals surface area (Å²) in [6.45, 7) is 5.49. The average molecular weight is 559 g/mol. The molecular formula is C27H38Cl2FN3O4. The van der Waals surface area contributed by atoms with Crippen molar-refractivity contribution in [3.63, 3.8) is 0 Å². The number of carbonyl (C=O) groups excluding carboxylic acids is 1. The molecule has 2 N–H and O–H groups in total. The number of rotatable bonds is 11. The van der Waals surface area contributed by atoms with E-state index < -0.39 is 5.72 Å². The van der Waals surface area contributed by atoms with Crippen LogP contribution < -0.4 is 14.8 Å². The molecule has 1 fully saturated rings. The summed E-state index contributed by atoms with van der Waals surface area (Å²) in [5.41, 5.74) is -0.323. The lowest BCUT2D eigenvalue weighted by Crippen LogP contribution is -2.65. The number of benzene rings is 2. The molecule has 0 bridgehead atoms. The number of fused-ring (bicyclic) bond motifs is 1. The van der Waals surface area contributed by atoms with Gasteiger partial charge in [0.05, 0.1) is 0 Å². The summed E-state index contributed by atoms with van der Waals surface area (Å²) < 4.78 is 25.1. The number of nitrogens with one attached hydrogen (secondary N) is 1. The lowest BCUT2D eigenvalue weighted by atomic mass is 10.1.